The Bertz CT molecular complexity index is 763. The average Bonchev–Trinajstić information content (AvgIpc) is 2.76. The SMILES string of the molecule is C=C(N)N(C)CCCCCN1CCN(C(c2ccccc2)c2ccc(C)cc2)CC1. The summed E-state index contributed by atoms with van der Waals surface area (Å²) >= 11 is 0. The molecule has 1 aliphatic rings. The van der Waals surface area contributed by atoms with Crippen LogP contribution in [0.15, 0.2) is 67.0 Å². The number of hydrogen-bond acceptors (Lipinski definition) is 4. The second-order valence-corrected chi connectivity index (χ2v) is 8.58. The van der Waals surface area contributed by atoms with E-state index in [4.69, 9.17) is 5.73 Å². The molecule has 0 aromatic heterocycles. The van der Waals surface area contributed by atoms with Gasteiger partial charge in [-0.15, -0.1) is 0 Å². The van der Waals surface area contributed by atoms with Gasteiger partial charge in [-0.25, -0.2) is 0 Å². The van der Waals surface area contributed by atoms with Crippen molar-refractivity contribution in [3.63, 3.8) is 0 Å². The number of nitrogens with zero attached hydrogens (tertiary/aromatic N) is 3. The molecule has 2 aromatic carbocycles. The zero-order valence-electron chi connectivity index (χ0n) is 18.8. The van der Waals surface area contributed by atoms with E-state index in [1.807, 2.05) is 11.9 Å². The van der Waals surface area contributed by atoms with Crippen molar-refractivity contribution >= 4 is 0 Å². The van der Waals surface area contributed by atoms with E-state index in [-0.39, 0.29) is 0 Å². The van der Waals surface area contributed by atoms with Crippen molar-refractivity contribution in [2.24, 2.45) is 5.73 Å². The third kappa shape index (κ3) is 6.35. The molecule has 2 N–H and O–H groups in total. The molecule has 0 radical (unpaired) electrons. The van der Waals surface area contributed by atoms with Gasteiger partial charge >= 0.3 is 0 Å². The number of nitrogens with two attached hydrogens (primary N) is 1. The Kier molecular flexibility index (Phi) is 8.35. The Morgan fingerprint density at radius 3 is 2.20 bits per heavy atom. The van der Waals surface area contributed by atoms with Crippen LogP contribution in [-0.2, 0) is 0 Å². The number of piperazine rings is 1. The molecule has 1 heterocycles. The van der Waals surface area contributed by atoms with Crippen LogP contribution in [0.1, 0.15) is 42.0 Å². The van der Waals surface area contributed by atoms with E-state index >= 15 is 0 Å². The Morgan fingerprint density at radius 2 is 1.57 bits per heavy atom. The Morgan fingerprint density at radius 1 is 0.933 bits per heavy atom. The molecule has 4 nitrogen and oxygen atoms in total. The third-order valence-electron chi connectivity index (χ3n) is 6.24. The second kappa shape index (κ2) is 11.2. The van der Waals surface area contributed by atoms with Crippen molar-refractivity contribution < 1.29 is 0 Å². The van der Waals surface area contributed by atoms with Crippen LogP contribution in [0.5, 0.6) is 0 Å². The number of rotatable bonds is 10. The molecule has 3 rings (SSSR count). The van der Waals surface area contributed by atoms with Gasteiger partial charge in [0.1, 0.15) is 0 Å². The van der Waals surface area contributed by atoms with Crippen molar-refractivity contribution in [3.8, 4) is 0 Å². The maximum absolute atomic E-state index is 5.71. The van der Waals surface area contributed by atoms with Gasteiger partial charge in [-0.2, -0.15) is 0 Å². The minimum absolute atomic E-state index is 0.342. The highest BCUT2D eigenvalue weighted by Gasteiger charge is 2.26. The fourth-order valence-corrected chi connectivity index (χ4v) is 4.25. The molecule has 0 saturated carbocycles. The van der Waals surface area contributed by atoms with Crippen LogP contribution in [0, 0.1) is 6.92 Å². The highest BCUT2D eigenvalue weighted by molar-refractivity contribution is 5.33. The molecule has 1 atom stereocenters. The Labute approximate surface area is 183 Å². The summed E-state index contributed by atoms with van der Waals surface area (Å²) in [6, 6.07) is 20.4. The van der Waals surface area contributed by atoms with Gasteiger partial charge in [0.15, 0.2) is 0 Å². The predicted molar refractivity (Wildman–Crippen MR) is 127 cm³/mol. The molecule has 1 fully saturated rings. The van der Waals surface area contributed by atoms with Gasteiger partial charge in [0.05, 0.1) is 11.9 Å². The summed E-state index contributed by atoms with van der Waals surface area (Å²) in [5, 5.41) is 0. The van der Waals surface area contributed by atoms with Crippen molar-refractivity contribution in [1.29, 1.82) is 0 Å². The molecule has 4 heteroatoms. The molecular weight excluding hydrogens is 368 g/mol. The van der Waals surface area contributed by atoms with Crippen LogP contribution >= 0.6 is 0 Å². The van der Waals surface area contributed by atoms with Gasteiger partial charge in [-0.1, -0.05) is 73.2 Å². The fourth-order valence-electron chi connectivity index (χ4n) is 4.25. The normalized spacial score (nSPS) is 16.3. The first-order chi connectivity index (χ1) is 14.5. The maximum Gasteiger partial charge on any atom is 0.0909 e. The van der Waals surface area contributed by atoms with Gasteiger partial charge in [-0.3, -0.25) is 4.90 Å². The molecule has 162 valence electrons. The Hall–Kier alpha value is -2.30. The lowest BCUT2D eigenvalue weighted by molar-refractivity contribution is 0.108. The van der Waals surface area contributed by atoms with Crippen LogP contribution in [-0.4, -0.2) is 61.0 Å². The van der Waals surface area contributed by atoms with E-state index in [2.05, 4.69) is 77.9 Å². The van der Waals surface area contributed by atoms with Gasteiger partial charge in [0, 0.05) is 39.8 Å². The van der Waals surface area contributed by atoms with E-state index in [9.17, 15) is 0 Å². The summed E-state index contributed by atoms with van der Waals surface area (Å²) in [7, 11) is 2.01. The summed E-state index contributed by atoms with van der Waals surface area (Å²) in [6.45, 7) is 12.7. The van der Waals surface area contributed by atoms with Crippen LogP contribution in [0.2, 0.25) is 0 Å². The van der Waals surface area contributed by atoms with Gasteiger partial charge in [-0.05, 0) is 37.4 Å². The van der Waals surface area contributed by atoms with Crippen molar-refractivity contribution in [2.75, 3.05) is 46.3 Å². The van der Waals surface area contributed by atoms with E-state index < -0.39 is 0 Å². The number of benzene rings is 2. The van der Waals surface area contributed by atoms with Crippen LogP contribution in [0.3, 0.4) is 0 Å². The van der Waals surface area contributed by atoms with Crippen LogP contribution in [0.25, 0.3) is 0 Å². The maximum atomic E-state index is 5.71. The summed E-state index contributed by atoms with van der Waals surface area (Å²) < 4.78 is 0. The van der Waals surface area contributed by atoms with Crippen LogP contribution < -0.4 is 5.73 Å². The standard InChI is InChI=1S/C26H38N4/c1-22-12-14-25(15-13-22)26(24-10-6-4-7-11-24)30-20-18-29(19-21-30)17-9-5-8-16-28(3)23(2)27/h4,6-7,10-15,26H,2,5,8-9,16-21,27H2,1,3H3. The summed E-state index contributed by atoms with van der Waals surface area (Å²) in [6.07, 6.45) is 3.68. The lowest BCUT2D eigenvalue weighted by atomic mass is 9.95. The molecule has 1 unspecified atom stereocenters. The first-order valence-electron chi connectivity index (χ1n) is 11.3. The molecular formula is C26H38N4. The van der Waals surface area contributed by atoms with E-state index in [0.29, 0.717) is 11.9 Å². The number of hydrogen-bond donors (Lipinski definition) is 1. The van der Waals surface area contributed by atoms with Gasteiger partial charge in [0.25, 0.3) is 0 Å². The van der Waals surface area contributed by atoms with Crippen LogP contribution in [0.4, 0.5) is 0 Å². The number of aryl methyl sites for hydroxylation is 1. The Balaban J connectivity index is 1.51. The third-order valence-corrected chi connectivity index (χ3v) is 6.24. The molecule has 2 aromatic rings. The largest absolute Gasteiger partial charge is 0.386 e. The average molecular weight is 407 g/mol. The first kappa shape index (κ1) is 22.4. The summed E-state index contributed by atoms with van der Waals surface area (Å²) in [5.41, 5.74) is 9.82. The van der Waals surface area contributed by atoms with Crippen molar-refractivity contribution in [3.05, 3.63) is 83.7 Å². The highest BCUT2D eigenvalue weighted by Crippen LogP contribution is 2.29. The van der Waals surface area contributed by atoms with E-state index in [0.717, 1.165) is 32.7 Å². The molecule has 0 bridgehead atoms. The lowest BCUT2D eigenvalue weighted by Crippen LogP contribution is -2.48. The zero-order chi connectivity index (χ0) is 21.3. The molecule has 30 heavy (non-hydrogen) atoms. The fraction of sp³-hybridized carbons (Fsp3) is 0.462. The lowest BCUT2D eigenvalue weighted by Gasteiger charge is -2.40. The van der Waals surface area contributed by atoms with E-state index in [1.165, 1.54) is 42.5 Å². The first-order valence-corrected chi connectivity index (χ1v) is 11.3. The van der Waals surface area contributed by atoms with Crippen molar-refractivity contribution in [2.45, 2.75) is 32.2 Å². The summed E-state index contributed by atoms with van der Waals surface area (Å²) in [4.78, 5) is 7.31. The minimum Gasteiger partial charge on any atom is -0.386 e. The second-order valence-electron chi connectivity index (χ2n) is 8.58. The molecule has 0 amide bonds. The molecule has 0 aliphatic carbocycles. The van der Waals surface area contributed by atoms with Gasteiger partial charge < -0.3 is 15.5 Å². The highest BCUT2D eigenvalue weighted by atomic mass is 15.3. The monoisotopic (exact) mass is 406 g/mol. The molecule has 1 aliphatic heterocycles. The number of unbranched alkanes of at least 4 members (excludes halogenated alkanes) is 2. The molecule has 0 spiro atoms. The van der Waals surface area contributed by atoms with E-state index in [1.54, 1.807) is 0 Å². The quantitative estimate of drug-likeness (QED) is 0.599. The predicted octanol–water partition coefficient (Wildman–Crippen LogP) is 4.23. The summed E-state index contributed by atoms with van der Waals surface area (Å²) in [5.74, 6) is 0.660. The minimum atomic E-state index is 0.342. The smallest absolute Gasteiger partial charge is 0.0909 e. The molecule has 1 saturated heterocycles. The topological polar surface area (TPSA) is 35.7 Å². The van der Waals surface area contributed by atoms with Gasteiger partial charge in [0.2, 0.25) is 0 Å². The van der Waals surface area contributed by atoms with Crippen molar-refractivity contribution in [1.82, 2.24) is 14.7 Å². The zero-order valence-corrected chi connectivity index (χ0v) is 18.8.